The van der Waals surface area contributed by atoms with Gasteiger partial charge in [-0.1, -0.05) is 38.1 Å². The summed E-state index contributed by atoms with van der Waals surface area (Å²) < 4.78 is 27.3. The number of nitrogens with zero attached hydrogens (tertiary/aromatic N) is 1. The maximum Gasteiger partial charge on any atom is 0.306 e. The van der Waals surface area contributed by atoms with Crippen molar-refractivity contribution in [2.24, 2.45) is 0 Å². The van der Waals surface area contributed by atoms with Crippen molar-refractivity contribution in [3.63, 3.8) is 0 Å². The fourth-order valence-electron chi connectivity index (χ4n) is 2.72. The molecular weight excluding hydrogens is 362 g/mol. The van der Waals surface area contributed by atoms with Crippen molar-refractivity contribution in [2.45, 2.75) is 46.2 Å². The molecule has 1 amide bonds. The lowest BCUT2D eigenvalue weighted by atomic mass is 10.1. The standard InChI is InChI=1S/C21H27NO4S/c1-5-16(3)22(21(23)19-11-7-17(6-2)8-12-19)15-18-9-13-20(14-10-18)26-27(4,24)25/h7-14,16H,5-6,15H2,1-4H3/t16-/m1/s1. The fraction of sp³-hybridized carbons (Fsp3) is 0.381. The van der Waals surface area contributed by atoms with Gasteiger partial charge < -0.3 is 9.08 Å². The van der Waals surface area contributed by atoms with Crippen LogP contribution in [0.5, 0.6) is 5.75 Å². The predicted molar refractivity (Wildman–Crippen MR) is 107 cm³/mol. The molecule has 0 aliphatic rings. The van der Waals surface area contributed by atoms with E-state index in [0.717, 1.165) is 24.7 Å². The lowest BCUT2D eigenvalue weighted by Crippen LogP contribution is -2.37. The number of carbonyl (C=O) groups excluding carboxylic acids is 1. The maximum atomic E-state index is 13.0. The Morgan fingerprint density at radius 3 is 2.04 bits per heavy atom. The monoisotopic (exact) mass is 389 g/mol. The van der Waals surface area contributed by atoms with Gasteiger partial charge in [-0.3, -0.25) is 4.79 Å². The molecule has 0 unspecified atom stereocenters. The van der Waals surface area contributed by atoms with Crippen molar-refractivity contribution in [2.75, 3.05) is 6.26 Å². The Hall–Kier alpha value is -2.34. The Morgan fingerprint density at radius 2 is 1.56 bits per heavy atom. The molecule has 0 saturated heterocycles. The van der Waals surface area contributed by atoms with Crippen molar-refractivity contribution in [3.8, 4) is 5.75 Å². The number of hydrogen-bond donors (Lipinski definition) is 0. The highest BCUT2D eigenvalue weighted by molar-refractivity contribution is 7.86. The Bertz CT molecular complexity index is 858. The fourth-order valence-corrected chi connectivity index (χ4v) is 3.18. The van der Waals surface area contributed by atoms with Gasteiger partial charge in [0.15, 0.2) is 0 Å². The van der Waals surface area contributed by atoms with Gasteiger partial charge in [0.1, 0.15) is 5.75 Å². The summed E-state index contributed by atoms with van der Waals surface area (Å²) in [6.07, 6.45) is 2.79. The topological polar surface area (TPSA) is 63.7 Å². The van der Waals surface area contributed by atoms with Crippen LogP contribution < -0.4 is 4.18 Å². The average molecular weight is 390 g/mol. The molecule has 2 rings (SSSR count). The Balaban J connectivity index is 2.19. The Morgan fingerprint density at radius 1 is 1.00 bits per heavy atom. The van der Waals surface area contributed by atoms with Gasteiger partial charge in [-0.05, 0) is 55.2 Å². The van der Waals surface area contributed by atoms with Crippen LogP contribution in [0, 0.1) is 0 Å². The van der Waals surface area contributed by atoms with Crippen LogP contribution in [0.3, 0.4) is 0 Å². The average Bonchev–Trinajstić information content (AvgIpc) is 2.65. The minimum Gasteiger partial charge on any atom is -0.383 e. The summed E-state index contributed by atoms with van der Waals surface area (Å²) in [6.45, 7) is 6.61. The van der Waals surface area contributed by atoms with E-state index in [2.05, 4.69) is 6.92 Å². The number of amides is 1. The number of hydrogen-bond acceptors (Lipinski definition) is 4. The van der Waals surface area contributed by atoms with Gasteiger partial charge in [0, 0.05) is 18.2 Å². The van der Waals surface area contributed by atoms with E-state index < -0.39 is 10.1 Å². The lowest BCUT2D eigenvalue weighted by molar-refractivity contribution is 0.0671. The minimum atomic E-state index is -3.55. The van der Waals surface area contributed by atoms with Gasteiger partial charge in [0.05, 0.1) is 6.26 Å². The van der Waals surface area contributed by atoms with Gasteiger partial charge in [-0.15, -0.1) is 0 Å². The molecule has 0 saturated carbocycles. The van der Waals surface area contributed by atoms with Gasteiger partial charge in [-0.2, -0.15) is 8.42 Å². The Kier molecular flexibility index (Phi) is 7.02. The van der Waals surface area contributed by atoms with Crippen molar-refractivity contribution in [3.05, 3.63) is 65.2 Å². The molecule has 1 atom stereocenters. The van der Waals surface area contributed by atoms with Crippen LogP contribution in [0.15, 0.2) is 48.5 Å². The zero-order valence-corrected chi connectivity index (χ0v) is 17.1. The van der Waals surface area contributed by atoms with E-state index in [1.165, 1.54) is 5.56 Å². The lowest BCUT2D eigenvalue weighted by Gasteiger charge is -2.29. The van der Waals surface area contributed by atoms with Crippen LogP contribution in [0.1, 0.15) is 48.7 Å². The number of aryl methyl sites for hydroxylation is 1. The van der Waals surface area contributed by atoms with Gasteiger partial charge in [-0.25, -0.2) is 0 Å². The highest BCUT2D eigenvalue weighted by Gasteiger charge is 2.21. The summed E-state index contributed by atoms with van der Waals surface area (Å²) in [6, 6.07) is 14.6. The molecule has 2 aromatic rings. The first-order valence-electron chi connectivity index (χ1n) is 9.11. The molecule has 0 heterocycles. The largest absolute Gasteiger partial charge is 0.383 e. The van der Waals surface area contributed by atoms with Crippen molar-refractivity contribution in [1.82, 2.24) is 4.90 Å². The number of rotatable bonds is 8. The molecule has 0 radical (unpaired) electrons. The molecule has 0 aromatic heterocycles. The molecule has 0 fully saturated rings. The van der Waals surface area contributed by atoms with E-state index in [4.69, 9.17) is 4.18 Å². The molecule has 5 nitrogen and oxygen atoms in total. The molecule has 27 heavy (non-hydrogen) atoms. The van der Waals surface area contributed by atoms with Gasteiger partial charge >= 0.3 is 10.1 Å². The summed E-state index contributed by atoms with van der Waals surface area (Å²) in [5, 5.41) is 0. The second kappa shape index (κ2) is 9.04. The molecule has 6 heteroatoms. The second-order valence-electron chi connectivity index (χ2n) is 6.67. The van der Waals surface area contributed by atoms with E-state index in [1.54, 1.807) is 24.3 Å². The van der Waals surface area contributed by atoms with E-state index >= 15 is 0 Å². The molecule has 2 aromatic carbocycles. The zero-order valence-electron chi connectivity index (χ0n) is 16.3. The smallest absolute Gasteiger partial charge is 0.306 e. The van der Waals surface area contributed by atoms with Crippen LogP contribution in [-0.2, 0) is 23.1 Å². The van der Waals surface area contributed by atoms with Crippen LogP contribution in [0.25, 0.3) is 0 Å². The van der Waals surface area contributed by atoms with Crippen LogP contribution >= 0.6 is 0 Å². The quantitative estimate of drug-likeness (QED) is 0.640. The summed E-state index contributed by atoms with van der Waals surface area (Å²) in [5.74, 6) is 0.251. The third-order valence-corrected chi connectivity index (χ3v) is 5.01. The SMILES string of the molecule is CCc1ccc(C(=O)N(Cc2ccc(OS(C)(=O)=O)cc2)[C@H](C)CC)cc1. The van der Waals surface area contributed by atoms with Crippen molar-refractivity contribution < 1.29 is 17.4 Å². The van der Waals surface area contributed by atoms with E-state index in [0.29, 0.717) is 12.1 Å². The maximum absolute atomic E-state index is 13.0. The van der Waals surface area contributed by atoms with Crippen LogP contribution in [0.4, 0.5) is 0 Å². The van der Waals surface area contributed by atoms with Crippen molar-refractivity contribution >= 4 is 16.0 Å². The first kappa shape index (κ1) is 21.0. The first-order valence-corrected chi connectivity index (χ1v) is 10.9. The zero-order chi connectivity index (χ0) is 20.0. The van der Waals surface area contributed by atoms with Crippen molar-refractivity contribution in [1.29, 1.82) is 0 Å². The third kappa shape index (κ3) is 6.10. The Labute approximate surface area is 162 Å². The van der Waals surface area contributed by atoms with E-state index in [1.807, 2.05) is 43.0 Å². The third-order valence-electron chi connectivity index (χ3n) is 4.52. The number of carbonyl (C=O) groups is 1. The molecule has 0 bridgehead atoms. The van der Waals surface area contributed by atoms with E-state index in [9.17, 15) is 13.2 Å². The summed E-state index contributed by atoms with van der Waals surface area (Å²) in [4.78, 5) is 14.9. The predicted octanol–water partition coefficient (Wildman–Crippen LogP) is 4.03. The van der Waals surface area contributed by atoms with Crippen LogP contribution in [-0.4, -0.2) is 31.5 Å². The highest BCUT2D eigenvalue weighted by atomic mass is 32.2. The van der Waals surface area contributed by atoms with E-state index in [-0.39, 0.29) is 17.7 Å². The molecule has 146 valence electrons. The first-order chi connectivity index (χ1) is 12.7. The molecule has 0 N–H and O–H groups in total. The van der Waals surface area contributed by atoms with Crippen LogP contribution in [0.2, 0.25) is 0 Å². The summed E-state index contributed by atoms with van der Waals surface area (Å²) in [7, 11) is -3.55. The normalized spacial score (nSPS) is 12.4. The molecule has 0 spiro atoms. The molecular formula is C21H27NO4S. The highest BCUT2D eigenvalue weighted by Crippen LogP contribution is 2.19. The second-order valence-corrected chi connectivity index (χ2v) is 8.25. The molecule has 0 aliphatic carbocycles. The van der Waals surface area contributed by atoms with Gasteiger partial charge in [0.2, 0.25) is 0 Å². The summed E-state index contributed by atoms with van der Waals surface area (Å²) in [5.41, 5.74) is 2.78. The molecule has 0 aliphatic heterocycles. The minimum absolute atomic E-state index is 0.0107. The number of benzene rings is 2. The van der Waals surface area contributed by atoms with Gasteiger partial charge in [0.25, 0.3) is 5.91 Å². The summed E-state index contributed by atoms with van der Waals surface area (Å²) >= 11 is 0.